The molecule has 0 aliphatic carbocycles. The van der Waals surface area contributed by atoms with Crippen molar-refractivity contribution in [3.63, 3.8) is 0 Å². The fourth-order valence-electron chi connectivity index (χ4n) is 4.23. The largest absolute Gasteiger partial charge is 0.493 e. The van der Waals surface area contributed by atoms with Crippen molar-refractivity contribution in [3.8, 4) is 11.5 Å². The number of ether oxygens (including phenoxy) is 2. The molecule has 3 aromatic carbocycles. The van der Waals surface area contributed by atoms with Crippen molar-refractivity contribution >= 4 is 28.5 Å². The smallest absolute Gasteiger partial charge is 0.249 e. The van der Waals surface area contributed by atoms with Crippen molar-refractivity contribution in [2.24, 2.45) is 0 Å². The number of aromatic nitrogens is 3. The molecule has 192 valence electrons. The molecular weight excluding hydrogens is 470 g/mol. The number of benzene rings is 3. The molecule has 4 rings (SSSR count). The number of hydrogen-bond donors (Lipinski definition) is 1. The van der Waals surface area contributed by atoms with Gasteiger partial charge in [-0.3, -0.25) is 14.5 Å². The van der Waals surface area contributed by atoms with Gasteiger partial charge in [-0.05, 0) is 51.1 Å². The van der Waals surface area contributed by atoms with E-state index in [4.69, 9.17) is 9.47 Å². The highest BCUT2D eigenvalue weighted by atomic mass is 16.5. The normalized spacial score (nSPS) is 12.1. The molecule has 9 nitrogen and oxygen atoms in total. The first-order chi connectivity index (χ1) is 17.7. The highest BCUT2D eigenvalue weighted by Gasteiger charge is 2.37. The number of rotatable bonds is 8. The van der Waals surface area contributed by atoms with Crippen molar-refractivity contribution in [1.82, 2.24) is 20.3 Å². The molecule has 2 amide bonds. The minimum atomic E-state index is -1.06. The van der Waals surface area contributed by atoms with Gasteiger partial charge in [0.15, 0.2) is 11.5 Å². The molecule has 1 N–H and O–H groups in total. The van der Waals surface area contributed by atoms with E-state index in [0.29, 0.717) is 28.3 Å². The zero-order valence-corrected chi connectivity index (χ0v) is 21.6. The minimum absolute atomic E-state index is 0.124. The predicted octanol–water partition coefficient (Wildman–Crippen LogP) is 4.14. The van der Waals surface area contributed by atoms with E-state index in [1.165, 1.54) is 23.8 Å². The van der Waals surface area contributed by atoms with Crippen molar-refractivity contribution < 1.29 is 19.1 Å². The van der Waals surface area contributed by atoms with Crippen molar-refractivity contribution in [1.29, 1.82) is 0 Å². The van der Waals surface area contributed by atoms with Gasteiger partial charge in [0, 0.05) is 16.8 Å². The summed E-state index contributed by atoms with van der Waals surface area (Å²) in [4.78, 5) is 29.5. The summed E-state index contributed by atoms with van der Waals surface area (Å²) < 4.78 is 12.7. The summed E-state index contributed by atoms with van der Waals surface area (Å²) in [5.41, 5.74) is 1.89. The number of anilines is 1. The van der Waals surface area contributed by atoms with Gasteiger partial charge >= 0.3 is 0 Å². The summed E-state index contributed by atoms with van der Waals surface area (Å²) in [6.45, 7) is 5.55. The maximum atomic E-state index is 14.1. The standard InChI is InChI=1S/C28H31N5O4/c1-28(2,3)29-27(35)25(20-14-11-17-23(36-4)26(20)37-5)33(19-12-7-6-8-13-19)24(34)18-32-22-16-10-9-15-21(22)30-31-32/h6-17,25H,18H2,1-5H3,(H,29,35)/t25-/m1/s1. The molecule has 1 aromatic heterocycles. The zero-order valence-electron chi connectivity index (χ0n) is 21.6. The van der Waals surface area contributed by atoms with Crippen LogP contribution >= 0.6 is 0 Å². The Morgan fingerprint density at radius 2 is 1.65 bits per heavy atom. The van der Waals surface area contributed by atoms with Gasteiger partial charge in [0.2, 0.25) is 11.8 Å². The van der Waals surface area contributed by atoms with Crippen molar-refractivity contribution in [3.05, 3.63) is 78.4 Å². The van der Waals surface area contributed by atoms with Crippen LogP contribution in [0.2, 0.25) is 0 Å². The average molecular weight is 502 g/mol. The molecule has 1 heterocycles. The molecule has 0 radical (unpaired) electrons. The van der Waals surface area contributed by atoms with E-state index in [-0.39, 0.29) is 18.4 Å². The van der Waals surface area contributed by atoms with Gasteiger partial charge in [-0.25, -0.2) is 4.68 Å². The maximum absolute atomic E-state index is 14.1. The summed E-state index contributed by atoms with van der Waals surface area (Å²) in [5.74, 6) is 0.121. The predicted molar refractivity (Wildman–Crippen MR) is 142 cm³/mol. The number of hydrogen-bond acceptors (Lipinski definition) is 6. The average Bonchev–Trinajstić information content (AvgIpc) is 3.28. The molecule has 0 unspecified atom stereocenters. The van der Waals surface area contributed by atoms with Crippen LogP contribution in [-0.2, 0) is 16.1 Å². The minimum Gasteiger partial charge on any atom is -0.493 e. The molecule has 9 heteroatoms. The molecule has 0 aliphatic rings. The third-order valence-corrected chi connectivity index (χ3v) is 5.74. The fraction of sp³-hybridized carbons (Fsp3) is 0.286. The number of methoxy groups -OCH3 is 2. The highest BCUT2D eigenvalue weighted by Crippen LogP contribution is 2.39. The van der Waals surface area contributed by atoms with Crippen LogP contribution < -0.4 is 19.7 Å². The van der Waals surface area contributed by atoms with Crippen LogP contribution in [-0.4, -0.2) is 46.6 Å². The second kappa shape index (κ2) is 10.7. The Bertz CT molecular complexity index is 1390. The fourth-order valence-corrected chi connectivity index (χ4v) is 4.23. The first-order valence-electron chi connectivity index (χ1n) is 11.9. The van der Waals surface area contributed by atoms with Gasteiger partial charge in [0.25, 0.3) is 0 Å². The van der Waals surface area contributed by atoms with Crippen LogP contribution in [0, 0.1) is 0 Å². The van der Waals surface area contributed by atoms with Crippen LogP contribution in [0.3, 0.4) is 0 Å². The van der Waals surface area contributed by atoms with E-state index < -0.39 is 11.6 Å². The number of amides is 2. The number of carbonyl (C=O) groups excluding carboxylic acids is 2. The Morgan fingerprint density at radius 3 is 2.32 bits per heavy atom. The molecule has 0 bridgehead atoms. The van der Waals surface area contributed by atoms with Gasteiger partial charge in [0.1, 0.15) is 18.1 Å². The monoisotopic (exact) mass is 501 g/mol. The first-order valence-corrected chi connectivity index (χ1v) is 11.9. The van der Waals surface area contributed by atoms with Crippen LogP contribution in [0.1, 0.15) is 32.4 Å². The third kappa shape index (κ3) is 5.55. The van der Waals surface area contributed by atoms with E-state index in [1.54, 1.807) is 30.3 Å². The Balaban J connectivity index is 1.87. The Labute approximate surface area is 216 Å². The SMILES string of the molecule is COc1cccc([C@H](C(=O)NC(C)(C)C)N(C(=O)Cn2nnc3ccccc32)c2ccccc2)c1OC. The van der Waals surface area contributed by atoms with Gasteiger partial charge in [-0.1, -0.05) is 47.7 Å². The van der Waals surface area contributed by atoms with Crippen LogP contribution in [0.5, 0.6) is 11.5 Å². The maximum Gasteiger partial charge on any atom is 0.249 e. The lowest BCUT2D eigenvalue weighted by molar-refractivity contribution is -0.128. The molecule has 0 fully saturated rings. The molecule has 0 saturated carbocycles. The summed E-state index contributed by atoms with van der Waals surface area (Å²) in [5, 5.41) is 11.4. The first kappa shape index (κ1) is 25.7. The molecule has 0 spiro atoms. The van der Waals surface area contributed by atoms with E-state index >= 15 is 0 Å². The molecule has 37 heavy (non-hydrogen) atoms. The summed E-state index contributed by atoms with van der Waals surface area (Å²) >= 11 is 0. The molecular formula is C28H31N5O4. The third-order valence-electron chi connectivity index (χ3n) is 5.74. The van der Waals surface area contributed by atoms with Gasteiger partial charge in [-0.2, -0.15) is 0 Å². The molecule has 0 aliphatic heterocycles. The van der Waals surface area contributed by atoms with Crippen LogP contribution in [0.15, 0.2) is 72.8 Å². The van der Waals surface area contributed by atoms with E-state index in [0.717, 1.165) is 5.52 Å². The van der Waals surface area contributed by atoms with E-state index in [1.807, 2.05) is 63.2 Å². The highest BCUT2D eigenvalue weighted by molar-refractivity contribution is 6.02. The Hall–Kier alpha value is -4.40. The number of para-hydroxylation sites is 3. The summed E-state index contributed by atoms with van der Waals surface area (Å²) in [6, 6.07) is 20.7. The zero-order chi connectivity index (χ0) is 26.6. The summed E-state index contributed by atoms with van der Waals surface area (Å²) in [7, 11) is 3.04. The topological polar surface area (TPSA) is 98.6 Å². The van der Waals surface area contributed by atoms with Gasteiger partial charge in [-0.15, -0.1) is 5.10 Å². The molecule has 4 aromatic rings. The second-order valence-corrected chi connectivity index (χ2v) is 9.56. The molecule has 1 atom stereocenters. The lowest BCUT2D eigenvalue weighted by Crippen LogP contribution is -2.50. The number of fused-ring (bicyclic) bond motifs is 1. The number of nitrogens with zero attached hydrogens (tertiary/aromatic N) is 4. The second-order valence-electron chi connectivity index (χ2n) is 9.56. The lowest BCUT2D eigenvalue weighted by atomic mass is 9.99. The number of carbonyl (C=O) groups is 2. The van der Waals surface area contributed by atoms with Gasteiger partial charge in [0.05, 0.1) is 19.7 Å². The summed E-state index contributed by atoms with van der Waals surface area (Å²) in [6.07, 6.45) is 0. The molecule has 0 saturated heterocycles. The van der Waals surface area contributed by atoms with E-state index in [9.17, 15) is 9.59 Å². The van der Waals surface area contributed by atoms with Crippen molar-refractivity contribution in [2.45, 2.75) is 38.9 Å². The Kier molecular flexibility index (Phi) is 7.42. The Morgan fingerprint density at radius 1 is 0.946 bits per heavy atom. The lowest BCUT2D eigenvalue weighted by Gasteiger charge is -2.34. The van der Waals surface area contributed by atoms with E-state index in [2.05, 4.69) is 15.6 Å². The van der Waals surface area contributed by atoms with Crippen molar-refractivity contribution in [2.75, 3.05) is 19.1 Å². The van der Waals surface area contributed by atoms with Gasteiger partial charge < -0.3 is 14.8 Å². The van der Waals surface area contributed by atoms with Crippen LogP contribution in [0.4, 0.5) is 5.69 Å². The quantitative estimate of drug-likeness (QED) is 0.390. The van der Waals surface area contributed by atoms with Crippen LogP contribution in [0.25, 0.3) is 11.0 Å². The number of nitrogens with one attached hydrogen (secondary N) is 1.